The third-order valence-corrected chi connectivity index (χ3v) is 4.50. The van der Waals surface area contributed by atoms with Gasteiger partial charge in [-0.15, -0.1) is 0 Å². The van der Waals surface area contributed by atoms with E-state index in [1.54, 1.807) is 24.3 Å². The lowest BCUT2D eigenvalue weighted by atomic mass is 9.97. The Morgan fingerprint density at radius 2 is 1.65 bits per heavy atom. The summed E-state index contributed by atoms with van der Waals surface area (Å²) in [6.45, 7) is 0.339. The summed E-state index contributed by atoms with van der Waals surface area (Å²) in [6, 6.07) is 26.1. The van der Waals surface area contributed by atoms with Crippen molar-refractivity contribution in [3.05, 3.63) is 101 Å². The van der Waals surface area contributed by atoms with Crippen molar-refractivity contribution in [3.8, 4) is 11.8 Å². The Hall–Kier alpha value is -3.95. The zero-order valence-electron chi connectivity index (χ0n) is 17.2. The van der Waals surface area contributed by atoms with Crippen molar-refractivity contribution in [1.29, 1.82) is 10.7 Å². The highest BCUT2D eigenvalue weighted by molar-refractivity contribution is 6.10. The highest BCUT2D eigenvalue weighted by Gasteiger charge is 2.14. The van der Waals surface area contributed by atoms with Crippen molar-refractivity contribution in [2.75, 3.05) is 7.11 Å². The normalized spacial score (nSPS) is 10.7. The van der Waals surface area contributed by atoms with Crippen LogP contribution in [0.1, 0.15) is 34.6 Å². The Morgan fingerprint density at radius 3 is 2.26 bits per heavy atom. The van der Waals surface area contributed by atoms with E-state index in [1.165, 1.54) is 0 Å². The lowest BCUT2D eigenvalue weighted by Crippen LogP contribution is -2.04. The van der Waals surface area contributed by atoms with Crippen molar-refractivity contribution in [3.63, 3.8) is 0 Å². The van der Waals surface area contributed by atoms with E-state index in [2.05, 4.69) is 0 Å². The Bertz CT molecular complexity index is 1040. The van der Waals surface area contributed by atoms with Crippen molar-refractivity contribution < 1.29 is 19.7 Å². The average molecular weight is 416 g/mol. The number of nitriles is 1. The summed E-state index contributed by atoms with van der Waals surface area (Å²) < 4.78 is 5.81. The summed E-state index contributed by atoms with van der Waals surface area (Å²) in [6.07, 6.45) is -0.225. The Labute approximate surface area is 181 Å². The SMILES string of the molecule is CO.N#CC(CC(=O)O)c1ccc(OCc2cccc(C(=N)c3ccccc3)c2)cc1. The predicted molar refractivity (Wildman–Crippen MR) is 118 cm³/mol. The second-order valence-corrected chi connectivity index (χ2v) is 6.58. The molecule has 0 fully saturated rings. The van der Waals surface area contributed by atoms with Crippen LogP contribution in [0.3, 0.4) is 0 Å². The largest absolute Gasteiger partial charge is 0.489 e. The highest BCUT2D eigenvalue weighted by Crippen LogP contribution is 2.22. The topological polar surface area (TPSA) is 114 Å². The Kier molecular flexibility index (Phi) is 8.96. The number of rotatable bonds is 8. The molecule has 6 nitrogen and oxygen atoms in total. The van der Waals surface area contributed by atoms with Crippen molar-refractivity contribution >= 4 is 11.7 Å². The fourth-order valence-corrected chi connectivity index (χ4v) is 2.96. The van der Waals surface area contributed by atoms with Gasteiger partial charge in [-0.05, 0) is 34.9 Å². The minimum Gasteiger partial charge on any atom is -0.489 e. The number of aliphatic carboxylic acids is 1. The van der Waals surface area contributed by atoms with Crippen LogP contribution >= 0.6 is 0 Å². The highest BCUT2D eigenvalue weighted by atomic mass is 16.5. The Balaban J connectivity index is 0.00000166. The molecule has 0 radical (unpaired) electrons. The lowest BCUT2D eigenvalue weighted by molar-refractivity contribution is -0.137. The number of nitrogens with one attached hydrogen (secondary N) is 1. The van der Waals surface area contributed by atoms with Crippen molar-refractivity contribution in [1.82, 2.24) is 0 Å². The first kappa shape index (κ1) is 23.3. The quantitative estimate of drug-likeness (QED) is 0.472. The van der Waals surface area contributed by atoms with Crippen molar-refractivity contribution in [2.24, 2.45) is 0 Å². The summed E-state index contributed by atoms with van der Waals surface area (Å²) >= 11 is 0. The molecule has 6 heteroatoms. The summed E-state index contributed by atoms with van der Waals surface area (Å²) in [5.41, 5.74) is 3.72. The van der Waals surface area contributed by atoms with Crippen LogP contribution in [0, 0.1) is 16.7 Å². The van der Waals surface area contributed by atoms with Crippen molar-refractivity contribution in [2.45, 2.75) is 18.9 Å². The third kappa shape index (κ3) is 6.81. The summed E-state index contributed by atoms with van der Waals surface area (Å²) in [7, 11) is 1.00. The number of nitrogens with zero attached hydrogens (tertiary/aromatic N) is 1. The number of benzene rings is 3. The molecule has 0 aliphatic heterocycles. The van der Waals surface area contributed by atoms with Crippen LogP contribution in [0.2, 0.25) is 0 Å². The number of aliphatic hydroxyl groups is 1. The molecule has 3 aromatic carbocycles. The molecule has 0 aliphatic carbocycles. The van der Waals surface area contributed by atoms with Gasteiger partial charge in [0.25, 0.3) is 0 Å². The molecule has 0 spiro atoms. The standard InChI is InChI=1S/C24H20N2O3.CH4O/c25-15-21(14-23(27)28)18-9-11-22(12-10-18)29-16-17-5-4-8-20(13-17)24(26)19-6-2-1-3-7-19;1-2/h1-13,21,26H,14,16H2,(H,27,28);2H,1H3. The van der Waals surface area contributed by atoms with Gasteiger partial charge in [-0.25, -0.2) is 0 Å². The fraction of sp³-hybridized carbons (Fsp3) is 0.160. The van der Waals surface area contributed by atoms with Crippen LogP contribution in [0.15, 0.2) is 78.9 Å². The molecular formula is C25H24N2O4. The van der Waals surface area contributed by atoms with Gasteiger partial charge < -0.3 is 14.9 Å². The van der Waals surface area contributed by atoms with E-state index in [0.717, 1.165) is 23.8 Å². The summed E-state index contributed by atoms with van der Waals surface area (Å²) in [5.74, 6) is -1.05. The lowest BCUT2D eigenvalue weighted by Gasteiger charge is -2.11. The van der Waals surface area contributed by atoms with Crippen LogP contribution in [-0.2, 0) is 11.4 Å². The van der Waals surface area contributed by atoms with E-state index in [1.807, 2.05) is 60.7 Å². The van der Waals surface area contributed by atoms with Gasteiger partial charge >= 0.3 is 5.97 Å². The summed E-state index contributed by atoms with van der Waals surface area (Å²) in [4.78, 5) is 10.8. The molecule has 3 rings (SSSR count). The molecule has 3 N–H and O–H groups in total. The van der Waals surface area contributed by atoms with Gasteiger partial charge in [-0.2, -0.15) is 5.26 Å². The first-order chi connectivity index (χ1) is 15.1. The van der Waals surface area contributed by atoms with E-state index in [-0.39, 0.29) is 6.42 Å². The maximum atomic E-state index is 10.8. The van der Waals surface area contributed by atoms with E-state index in [9.17, 15) is 4.79 Å². The zero-order valence-corrected chi connectivity index (χ0v) is 17.2. The third-order valence-electron chi connectivity index (χ3n) is 4.50. The molecule has 0 aliphatic rings. The molecule has 0 amide bonds. The second kappa shape index (κ2) is 11.9. The molecule has 3 aromatic rings. The first-order valence-electron chi connectivity index (χ1n) is 9.59. The fourth-order valence-electron chi connectivity index (χ4n) is 2.96. The minimum absolute atomic E-state index is 0.225. The van der Waals surface area contributed by atoms with Crippen LogP contribution < -0.4 is 4.74 Å². The number of hydrogen-bond acceptors (Lipinski definition) is 5. The zero-order chi connectivity index (χ0) is 22.6. The average Bonchev–Trinajstić information content (AvgIpc) is 2.83. The molecule has 0 aromatic heterocycles. The van der Waals surface area contributed by atoms with Crippen LogP contribution in [0.25, 0.3) is 0 Å². The molecule has 1 unspecified atom stereocenters. The van der Waals surface area contributed by atoms with Gasteiger partial charge in [0, 0.05) is 12.7 Å². The smallest absolute Gasteiger partial charge is 0.305 e. The number of carboxylic acid groups (broad SMARTS) is 1. The number of hydrogen-bond donors (Lipinski definition) is 3. The van der Waals surface area contributed by atoms with Crippen LogP contribution in [0.5, 0.6) is 5.75 Å². The minimum atomic E-state index is -1.00. The molecule has 1 atom stereocenters. The number of aliphatic hydroxyl groups excluding tert-OH is 1. The van der Waals surface area contributed by atoms with Crippen LogP contribution in [0.4, 0.5) is 0 Å². The van der Waals surface area contributed by atoms with Gasteiger partial charge in [0.2, 0.25) is 0 Å². The Morgan fingerprint density at radius 1 is 1.00 bits per heavy atom. The molecule has 0 heterocycles. The van der Waals surface area contributed by atoms with Gasteiger partial charge in [0.05, 0.1) is 24.1 Å². The van der Waals surface area contributed by atoms with E-state index >= 15 is 0 Å². The molecule has 0 saturated carbocycles. The van der Waals surface area contributed by atoms with Gasteiger partial charge in [-0.3, -0.25) is 10.2 Å². The number of carboxylic acids is 1. The molecule has 0 saturated heterocycles. The number of ether oxygens (including phenoxy) is 1. The number of carbonyl (C=O) groups is 1. The molecule has 158 valence electrons. The molecular weight excluding hydrogens is 392 g/mol. The predicted octanol–water partition coefficient (Wildman–Crippen LogP) is 4.37. The summed E-state index contributed by atoms with van der Waals surface area (Å²) in [5, 5.41) is 33.4. The molecule has 0 bridgehead atoms. The van der Waals surface area contributed by atoms with Crippen LogP contribution in [-0.4, -0.2) is 29.0 Å². The van der Waals surface area contributed by atoms with Gasteiger partial charge in [0.1, 0.15) is 12.4 Å². The maximum Gasteiger partial charge on any atom is 0.305 e. The second-order valence-electron chi connectivity index (χ2n) is 6.58. The van der Waals surface area contributed by atoms with Gasteiger partial charge in [-0.1, -0.05) is 60.7 Å². The first-order valence-corrected chi connectivity index (χ1v) is 9.59. The van der Waals surface area contributed by atoms with E-state index in [0.29, 0.717) is 23.6 Å². The monoisotopic (exact) mass is 416 g/mol. The van der Waals surface area contributed by atoms with E-state index in [4.69, 9.17) is 25.6 Å². The van der Waals surface area contributed by atoms with E-state index < -0.39 is 11.9 Å². The molecule has 31 heavy (non-hydrogen) atoms. The van der Waals surface area contributed by atoms with Gasteiger partial charge in [0.15, 0.2) is 0 Å². The maximum absolute atomic E-state index is 10.8.